The summed E-state index contributed by atoms with van der Waals surface area (Å²) in [6, 6.07) is 19.3. The molecular weight excluding hydrogens is 566 g/mol. The number of benzene rings is 2. The first-order valence-corrected chi connectivity index (χ1v) is 14.9. The zero-order valence-electron chi connectivity index (χ0n) is 25.8. The van der Waals surface area contributed by atoms with E-state index in [0.717, 1.165) is 11.1 Å². The van der Waals surface area contributed by atoms with Crippen LogP contribution in [-0.2, 0) is 32.2 Å². The molecule has 1 aliphatic heterocycles. The summed E-state index contributed by atoms with van der Waals surface area (Å²) in [4.78, 5) is 39.5. The summed E-state index contributed by atoms with van der Waals surface area (Å²) in [6.45, 7) is 8.10. The minimum atomic E-state index is -1.25. The number of aliphatic hydroxyl groups excluding tert-OH is 1. The smallest absolute Gasteiger partial charge is 0.407 e. The molecule has 2 heterocycles. The topological polar surface area (TPSA) is 141 Å². The predicted molar refractivity (Wildman–Crippen MR) is 164 cm³/mol. The van der Waals surface area contributed by atoms with E-state index in [1.807, 2.05) is 60.7 Å². The van der Waals surface area contributed by atoms with Gasteiger partial charge in [0.05, 0.1) is 13.2 Å². The van der Waals surface area contributed by atoms with Crippen molar-refractivity contribution in [3.8, 4) is 0 Å². The third-order valence-corrected chi connectivity index (χ3v) is 7.39. The molecule has 4 rings (SSSR count). The molecule has 238 valence electrons. The lowest BCUT2D eigenvalue weighted by Crippen LogP contribution is -2.46. The summed E-state index contributed by atoms with van der Waals surface area (Å²) in [5, 5.41) is 14.4. The minimum absolute atomic E-state index is 0.195. The molecule has 0 radical (unpaired) electrons. The van der Waals surface area contributed by atoms with Gasteiger partial charge in [-0.3, -0.25) is 14.3 Å². The van der Waals surface area contributed by atoms with Gasteiger partial charge in [0.2, 0.25) is 0 Å². The second kappa shape index (κ2) is 14.8. The van der Waals surface area contributed by atoms with Gasteiger partial charge in [0.15, 0.2) is 6.23 Å². The van der Waals surface area contributed by atoms with Gasteiger partial charge in [0.25, 0.3) is 5.56 Å². The average molecular weight is 610 g/mol. The van der Waals surface area contributed by atoms with Crippen LogP contribution in [0, 0.1) is 6.92 Å². The van der Waals surface area contributed by atoms with E-state index in [2.05, 4.69) is 10.3 Å². The summed E-state index contributed by atoms with van der Waals surface area (Å²) >= 11 is 0. The van der Waals surface area contributed by atoms with Crippen LogP contribution in [0.2, 0.25) is 0 Å². The van der Waals surface area contributed by atoms with Crippen LogP contribution in [0.15, 0.2) is 76.4 Å². The highest BCUT2D eigenvalue weighted by Crippen LogP contribution is 2.44. The predicted octanol–water partition coefficient (Wildman–Crippen LogP) is 3.97. The number of hydrogen-bond acceptors (Lipinski definition) is 8. The van der Waals surface area contributed by atoms with Gasteiger partial charge >= 0.3 is 11.8 Å². The molecule has 1 aliphatic rings. The number of nitrogens with one attached hydrogen (secondary N) is 2. The number of aromatic nitrogens is 2. The Hall–Kier alpha value is -3.77. The molecule has 0 aliphatic carbocycles. The van der Waals surface area contributed by atoms with E-state index in [9.17, 15) is 19.5 Å². The van der Waals surface area contributed by atoms with Crippen molar-refractivity contribution in [2.45, 2.75) is 89.8 Å². The number of alkyl carbamates (subject to hydrolysis) is 1. The van der Waals surface area contributed by atoms with Crippen LogP contribution in [0.5, 0.6) is 0 Å². The van der Waals surface area contributed by atoms with Crippen LogP contribution in [0.1, 0.15) is 63.0 Å². The molecule has 11 nitrogen and oxygen atoms in total. The van der Waals surface area contributed by atoms with E-state index in [4.69, 9.17) is 18.9 Å². The molecule has 1 aromatic heterocycles. The Morgan fingerprint density at radius 1 is 1.02 bits per heavy atom. The second-order valence-corrected chi connectivity index (χ2v) is 12.1. The van der Waals surface area contributed by atoms with E-state index in [-0.39, 0.29) is 19.8 Å². The van der Waals surface area contributed by atoms with Gasteiger partial charge in [0.1, 0.15) is 23.4 Å². The van der Waals surface area contributed by atoms with Gasteiger partial charge in [-0.1, -0.05) is 60.7 Å². The highest BCUT2D eigenvalue weighted by Gasteiger charge is 2.55. The molecule has 0 unspecified atom stereocenters. The Balaban J connectivity index is 1.59. The lowest BCUT2D eigenvalue weighted by Gasteiger charge is -2.35. The van der Waals surface area contributed by atoms with E-state index in [0.29, 0.717) is 31.4 Å². The number of nitrogens with zero attached hydrogens (tertiary/aromatic N) is 1. The number of H-pyrrole nitrogens is 1. The molecule has 1 amide bonds. The lowest BCUT2D eigenvalue weighted by atomic mass is 9.87. The van der Waals surface area contributed by atoms with Crippen LogP contribution < -0.4 is 16.6 Å². The van der Waals surface area contributed by atoms with Crippen LogP contribution >= 0.6 is 0 Å². The van der Waals surface area contributed by atoms with Crippen molar-refractivity contribution in [2.24, 2.45) is 0 Å². The Bertz CT molecular complexity index is 1470. The minimum Gasteiger partial charge on any atom is -0.444 e. The fourth-order valence-electron chi connectivity index (χ4n) is 5.27. The first-order valence-electron chi connectivity index (χ1n) is 14.9. The van der Waals surface area contributed by atoms with E-state index < -0.39 is 47.0 Å². The van der Waals surface area contributed by atoms with Gasteiger partial charge in [-0.05, 0) is 51.7 Å². The fraction of sp³-hybridized carbons (Fsp3) is 0.485. The summed E-state index contributed by atoms with van der Waals surface area (Å²) in [5.74, 6) is 0. The van der Waals surface area contributed by atoms with Crippen molar-refractivity contribution in [1.82, 2.24) is 14.9 Å². The first-order chi connectivity index (χ1) is 21.0. The maximum Gasteiger partial charge on any atom is 0.407 e. The number of ether oxygens (including phenoxy) is 4. The van der Waals surface area contributed by atoms with Crippen LogP contribution in [-0.4, -0.2) is 57.3 Å². The lowest BCUT2D eigenvalue weighted by molar-refractivity contribution is -0.139. The third kappa shape index (κ3) is 8.88. The first kappa shape index (κ1) is 33.1. The molecule has 0 saturated carbocycles. The largest absolute Gasteiger partial charge is 0.444 e. The number of aryl methyl sites for hydroxylation is 1. The van der Waals surface area contributed by atoms with Crippen molar-refractivity contribution in [3.05, 3.63) is 104 Å². The molecule has 1 fully saturated rings. The summed E-state index contributed by atoms with van der Waals surface area (Å²) < 4.78 is 25.6. The molecular formula is C33H43N3O8. The van der Waals surface area contributed by atoms with Gasteiger partial charge in [0, 0.05) is 31.3 Å². The van der Waals surface area contributed by atoms with Crippen LogP contribution in [0.4, 0.5) is 4.79 Å². The Labute approximate surface area is 257 Å². The van der Waals surface area contributed by atoms with Gasteiger partial charge < -0.3 is 29.4 Å². The molecule has 11 heteroatoms. The molecule has 3 aromatic rings. The number of rotatable bonds is 13. The molecule has 1 saturated heterocycles. The van der Waals surface area contributed by atoms with E-state index in [1.54, 1.807) is 27.7 Å². The standard InChI is InChI=1S/C33H43N3O8/c1-23-20-36(30(39)35-28(23)38)29-26(37)27(42-22-25-14-9-6-10-15-25)33(43-29,16-11-18-34-31(40)44-32(2,3)4)17-19-41-21-24-12-7-5-8-13-24/h5-10,12-15,20,26-27,29,37H,11,16-19,21-22H2,1-4H3,(H,34,40)(H,35,38,39)/t26-,27+,29-,33-/m1/s1. The van der Waals surface area contributed by atoms with E-state index >= 15 is 0 Å². The van der Waals surface area contributed by atoms with Gasteiger partial charge in [-0.25, -0.2) is 9.59 Å². The maximum absolute atomic E-state index is 12.9. The van der Waals surface area contributed by atoms with Crippen LogP contribution in [0.25, 0.3) is 0 Å². The van der Waals surface area contributed by atoms with Crippen molar-refractivity contribution >= 4 is 6.09 Å². The SMILES string of the molecule is Cc1cn([C@@H]2O[C@](CCCNC(=O)OC(C)(C)C)(CCOCc3ccccc3)[C@@H](OCc3ccccc3)[C@H]2O)c(=O)[nH]c1=O. The molecule has 0 spiro atoms. The van der Waals surface area contributed by atoms with Gasteiger partial charge in [-0.2, -0.15) is 0 Å². The van der Waals surface area contributed by atoms with E-state index in [1.165, 1.54) is 10.8 Å². The van der Waals surface area contributed by atoms with Crippen molar-refractivity contribution in [1.29, 1.82) is 0 Å². The molecule has 0 bridgehead atoms. The average Bonchev–Trinajstić information content (AvgIpc) is 3.25. The number of hydrogen-bond donors (Lipinski definition) is 3. The number of carbonyl (C=O) groups excluding carboxylic acids is 1. The second-order valence-electron chi connectivity index (χ2n) is 12.1. The van der Waals surface area contributed by atoms with Gasteiger partial charge in [-0.15, -0.1) is 0 Å². The summed E-state index contributed by atoms with van der Waals surface area (Å²) in [5.41, 5.74) is -0.729. The highest BCUT2D eigenvalue weighted by atomic mass is 16.6. The number of aliphatic hydroxyl groups is 1. The third-order valence-electron chi connectivity index (χ3n) is 7.39. The van der Waals surface area contributed by atoms with Crippen molar-refractivity contribution < 1.29 is 28.8 Å². The monoisotopic (exact) mass is 609 g/mol. The quantitative estimate of drug-likeness (QED) is 0.247. The normalized spacial score (nSPS) is 21.7. The Kier molecular flexibility index (Phi) is 11.1. The number of carbonyl (C=O) groups is 1. The Morgan fingerprint density at radius 2 is 1.66 bits per heavy atom. The van der Waals surface area contributed by atoms with Crippen LogP contribution in [0.3, 0.4) is 0 Å². The zero-order chi connectivity index (χ0) is 31.7. The molecule has 2 aromatic carbocycles. The zero-order valence-corrected chi connectivity index (χ0v) is 25.8. The highest BCUT2D eigenvalue weighted by molar-refractivity contribution is 5.67. The molecule has 3 N–H and O–H groups in total. The fourth-order valence-corrected chi connectivity index (χ4v) is 5.27. The maximum atomic E-state index is 12.9. The number of aromatic amines is 1. The van der Waals surface area contributed by atoms with Crippen molar-refractivity contribution in [2.75, 3.05) is 13.2 Å². The summed E-state index contributed by atoms with van der Waals surface area (Å²) in [7, 11) is 0. The Morgan fingerprint density at radius 3 is 2.30 bits per heavy atom. The molecule has 44 heavy (non-hydrogen) atoms. The molecule has 4 atom stereocenters. The summed E-state index contributed by atoms with van der Waals surface area (Å²) in [6.07, 6.45) is -1.25. The number of amides is 1. The van der Waals surface area contributed by atoms with Crippen molar-refractivity contribution in [3.63, 3.8) is 0 Å².